The number of piperidine rings is 1. The number of nitrogens with one attached hydrogen (secondary N) is 2. The van der Waals surface area contributed by atoms with Crippen LogP contribution in [-0.2, 0) is 32.3 Å². The summed E-state index contributed by atoms with van der Waals surface area (Å²) in [7, 11) is -3.53. The van der Waals surface area contributed by atoms with Gasteiger partial charge in [-0.05, 0) is 65.2 Å². The zero-order chi connectivity index (χ0) is 29.2. The number of carbonyl (C=O) groups excluding carboxylic acids is 2. The van der Waals surface area contributed by atoms with Gasteiger partial charge in [-0.3, -0.25) is 9.69 Å². The number of hydrogen-bond acceptors (Lipinski definition) is 9. The molecule has 0 saturated carbocycles. The number of alkyl carbamates (subject to hydrolysis) is 1. The highest BCUT2D eigenvalue weighted by Crippen LogP contribution is 2.28. The molecule has 1 saturated heterocycles. The number of likely N-dealkylation sites (tertiary alicyclic amines) is 1. The van der Waals surface area contributed by atoms with E-state index in [-0.39, 0.29) is 29.1 Å². The number of ether oxygens (including phenoxy) is 1. The van der Waals surface area contributed by atoms with E-state index < -0.39 is 27.3 Å². The summed E-state index contributed by atoms with van der Waals surface area (Å²) < 4.78 is 43.5. The maximum absolute atomic E-state index is 14.7. The Morgan fingerprint density at radius 1 is 1.20 bits per heavy atom. The van der Waals surface area contributed by atoms with Crippen LogP contribution < -0.4 is 10.6 Å². The van der Waals surface area contributed by atoms with E-state index in [1.165, 1.54) is 12.1 Å². The van der Waals surface area contributed by atoms with Crippen molar-refractivity contribution in [3.63, 3.8) is 0 Å². The Bertz CT molecular complexity index is 1390. The molecule has 2 amide bonds. The van der Waals surface area contributed by atoms with Gasteiger partial charge in [0.2, 0.25) is 5.91 Å². The van der Waals surface area contributed by atoms with Gasteiger partial charge < -0.3 is 20.3 Å². The Balaban J connectivity index is 1.39. The van der Waals surface area contributed by atoms with Crippen LogP contribution >= 0.6 is 0 Å². The van der Waals surface area contributed by atoms with Gasteiger partial charge in [-0.25, -0.2) is 27.6 Å². The third kappa shape index (κ3) is 7.66. The number of rotatable bonds is 6. The molecule has 1 aromatic carbocycles. The molecule has 0 bridgehead atoms. The Kier molecular flexibility index (Phi) is 8.64. The Morgan fingerprint density at radius 3 is 2.62 bits per heavy atom. The van der Waals surface area contributed by atoms with Crippen molar-refractivity contribution < 1.29 is 27.1 Å². The van der Waals surface area contributed by atoms with Gasteiger partial charge in [0.1, 0.15) is 23.1 Å². The maximum Gasteiger partial charge on any atom is 0.407 e. The van der Waals surface area contributed by atoms with Crippen LogP contribution in [0.3, 0.4) is 0 Å². The molecule has 0 spiro atoms. The zero-order valence-electron chi connectivity index (χ0n) is 23.6. The smallest absolute Gasteiger partial charge is 0.407 e. The third-order valence-electron chi connectivity index (χ3n) is 6.73. The fourth-order valence-electron chi connectivity index (χ4n) is 4.89. The molecule has 218 valence electrons. The normalized spacial score (nSPS) is 18.1. The molecule has 2 aromatic rings. The molecule has 0 aliphatic carbocycles. The molecule has 4 rings (SSSR count). The average molecular weight is 577 g/mol. The number of hydrogen-bond donors (Lipinski definition) is 2. The maximum atomic E-state index is 14.7. The van der Waals surface area contributed by atoms with Crippen molar-refractivity contribution in [1.82, 2.24) is 25.1 Å². The first-order valence-electron chi connectivity index (χ1n) is 13.3. The molecular formula is C27H37FN6O5S. The molecule has 0 unspecified atom stereocenters. The van der Waals surface area contributed by atoms with Crippen molar-refractivity contribution in [2.24, 2.45) is 0 Å². The highest BCUT2D eigenvalue weighted by Gasteiger charge is 2.29. The summed E-state index contributed by atoms with van der Waals surface area (Å²) in [6.45, 7) is 9.46. The number of aryl methyl sites for hydroxylation is 1. The van der Waals surface area contributed by atoms with Crippen LogP contribution in [0, 0.1) is 12.7 Å². The van der Waals surface area contributed by atoms with Gasteiger partial charge >= 0.3 is 6.09 Å². The lowest BCUT2D eigenvalue weighted by atomic mass is 10.0. The van der Waals surface area contributed by atoms with Gasteiger partial charge in [-0.15, -0.1) is 0 Å². The number of sulfone groups is 1. The standard InChI is InChI=1S/C27H37FN6O5S/c1-17-29-23-15-33(16-24(35)34-11-6-7-18(14-34)31-26(36)39-27(2,3)4)12-10-20(23)25(30-17)32-22-9-8-19(13-21(22)28)40(5,37)38/h8-9,13,18H,6-7,10-12,14-16H2,1-5H3,(H,31,36)(H,29,30,32)/t18-/m1/s1. The predicted octanol–water partition coefficient (Wildman–Crippen LogP) is 2.95. The molecule has 0 radical (unpaired) electrons. The number of benzene rings is 1. The van der Waals surface area contributed by atoms with Crippen LogP contribution in [0.25, 0.3) is 0 Å². The summed E-state index contributed by atoms with van der Waals surface area (Å²) in [4.78, 5) is 38.1. The van der Waals surface area contributed by atoms with Crippen LogP contribution in [0.4, 0.5) is 20.7 Å². The number of amides is 2. The summed E-state index contributed by atoms with van der Waals surface area (Å²) in [5.74, 6) is 0.245. The van der Waals surface area contributed by atoms with E-state index in [0.29, 0.717) is 44.2 Å². The SMILES string of the molecule is Cc1nc2c(c(Nc3ccc(S(C)(=O)=O)cc3F)n1)CCN(CC(=O)N1CCC[C@@H](NC(=O)OC(C)(C)C)C1)C2. The number of fused-ring (bicyclic) bond motifs is 1. The van der Waals surface area contributed by atoms with E-state index in [2.05, 4.69) is 20.6 Å². The van der Waals surface area contributed by atoms with Crippen LogP contribution in [0.2, 0.25) is 0 Å². The fraction of sp³-hybridized carbons (Fsp3) is 0.556. The number of nitrogens with zero attached hydrogens (tertiary/aromatic N) is 4. The first kappa shape index (κ1) is 29.7. The van der Waals surface area contributed by atoms with Crippen LogP contribution in [0.15, 0.2) is 23.1 Å². The van der Waals surface area contributed by atoms with E-state index in [1.807, 2.05) is 25.7 Å². The van der Waals surface area contributed by atoms with Crippen LogP contribution in [0.5, 0.6) is 0 Å². The topological polar surface area (TPSA) is 134 Å². The largest absolute Gasteiger partial charge is 0.444 e. The first-order valence-corrected chi connectivity index (χ1v) is 15.2. The summed E-state index contributed by atoms with van der Waals surface area (Å²) >= 11 is 0. The Hall–Kier alpha value is -3.32. The van der Waals surface area contributed by atoms with E-state index >= 15 is 0 Å². The van der Waals surface area contributed by atoms with Gasteiger partial charge in [0.25, 0.3) is 0 Å². The van der Waals surface area contributed by atoms with Crippen molar-refractivity contribution in [2.45, 2.75) is 70.0 Å². The summed E-state index contributed by atoms with van der Waals surface area (Å²) in [6.07, 6.45) is 2.67. The summed E-state index contributed by atoms with van der Waals surface area (Å²) in [5.41, 5.74) is 1.11. The van der Waals surface area contributed by atoms with E-state index in [9.17, 15) is 22.4 Å². The zero-order valence-corrected chi connectivity index (χ0v) is 24.4. The number of carbonyl (C=O) groups is 2. The van der Waals surface area contributed by atoms with Crippen molar-refractivity contribution in [1.29, 1.82) is 0 Å². The van der Waals surface area contributed by atoms with Crippen molar-refractivity contribution in [3.8, 4) is 0 Å². The molecule has 2 aliphatic rings. The highest BCUT2D eigenvalue weighted by molar-refractivity contribution is 7.90. The number of anilines is 2. The van der Waals surface area contributed by atoms with E-state index in [4.69, 9.17) is 4.74 Å². The monoisotopic (exact) mass is 576 g/mol. The minimum atomic E-state index is -3.53. The summed E-state index contributed by atoms with van der Waals surface area (Å²) in [6, 6.07) is 3.56. The molecule has 2 aliphatic heterocycles. The first-order chi connectivity index (χ1) is 18.7. The second kappa shape index (κ2) is 11.7. The molecule has 1 fully saturated rings. The van der Waals surface area contributed by atoms with Crippen molar-refractivity contribution in [2.75, 3.05) is 37.8 Å². The fourth-order valence-corrected chi connectivity index (χ4v) is 5.52. The van der Waals surface area contributed by atoms with E-state index in [1.54, 1.807) is 11.8 Å². The molecule has 2 N–H and O–H groups in total. The second-order valence-corrected chi connectivity index (χ2v) is 13.4. The third-order valence-corrected chi connectivity index (χ3v) is 7.84. The van der Waals surface area contributed by atoms with Crippen molar-refractivity contribution >= 4 is 33.3 Å². The lowest BCUT2D eigenvalue weighted by Crippen LogP contribution is -2.52. The lowest BCUT2D eigenvalue weighted by molar-refractivity contribution is -0.134. The number of aromatic nitrogens is 2. The van der Waals surface area contributed by atoms with Gasteiger partial charge in [0.05, 0.1) is 22.8 Å². The highest BCUT2D eigenvalue weighted by atomic mass is 32.2. The van der Waals surface area contributed by atoms with Crippen LogP contribution in [-0.4, -0.2) is 84.3 Å². The molecule has 3 heterocycles. The lowest BCUT2D eigenvalue weighted by Gasteiger charge is -2.35. The second-order valence-electron chi connectivity index (χ2n) is 11.4. The van der Waals surface area contributed by atoms with E-state index in [0.717, 1.165) is 36.4 Å². The Morgan fingerprint density at radius 2 is 1.95 bits per heavy atom. The quantitative estimate of drug-likeness (QED) is 0.532. The van der Waals surface area contributed by atoms with Crippen LogP contribution in [0.1, 0.15) is 50.7 Å². The molecule has 1 aromatic heterocycles. The van der Waals surface area contributed by atoms with Gasteiger partial charge in [-0.2, -0.15) is 0 Å². The van der Waals surface area contributed by atoms with Gasteiger partial charge in [-0.1, -0.05) is 0 Å². The average Bonchev–Trinajstić information content (AvgIpc) is 2.83. The molecule has 13 heteroatoms. The minimum Gasteiger partial charge on any atom is -0.444 e. The number of halogens is 1. The molecule has 1 atom stereocenters. The predicted molar refractivity (Wildman–Crippen MR) is 148 cm³/mol. The van der Waals surface area contributed by atoms with Gasteiger partial charge in [0.15, 0.2) is 9.84 Å². The molecule has 40 heavy (non-hydrogen) atoms. The molecular weight excluding hydrogens is 539 g/mol. The van der Waals surface area contributed by atoms with Crippen molar-refractivity contribution in [3.05, 3.63) is 41.1 Å². The van der Waals surface area contributed by atoms with Gasteiger partial charge in [0, 0.05) is 44.0 Å². The summed E-state index contributed by atoms with van der Waals surface area (Å²) in [5, 5.41) is 5.88. The minimum absolute atomic E-state index is 0.0173. The Labute approximate surface area is 234 Å². The molecule has 11 nitrogen and oxygen atoms in total.